The molecule has 2 fully saturated rings. The van der Waals surface area contributed by atoms with Crippen molar-refractivity contribution >= 4 is 12.0 Å². The minimum Gasteiger partial charge on any atom is -0.480 e. The van der Waals surface area contributed by atoms with E-state index in [0.29, 0.717) is 19.5 Å². The molecule has 0 unspecified atom stereocenters. The second-order valence-electron chi connectivity index (χ2n) is 5.01. The van der Waals surface area contributed by atoms with Crippen LogP contribution in [0.4, 0.5) is 4.79 Å². The van der Waals surface area contributed by atoms with Crippen molar-refractivity contribution in [3.05, 3.63) is 0 Å². The van der Waals surface area contributed by atoms with Gasteiger partial charge in [-0.2, -0.15) is 0 Å². The topological polar surface area (TPSA) is 69.6 Å². The Morgan fingerprint density at radius 2 is 2.00 bits per heavy atom. The molecule has 17 heavy (non-hydrogen) atoms. The third kappa shape index (κ3) is 2.90. The molecule has 96 valence electrons. The Balaban J connectivity index is 1.72. The number of hydrogen-bond donors (Lipinski definition) is 2. The van der Waals surface area contributed by atoms with Gasteiger partial charge in [-0.1, -0.05) is 19.3 Å². The van der Waals surface area contributed by atoms with E-state index in [-0.39, 0.29) is 6.03 Å². The van der Waals surface area contributed by atoms with E-state index in [1.807, 2.05) is 0 Å². The summed E-state index contributed by atoms with van der Waals surface area (Å²) in [5.74, 6) is -0.124. The summed E-state index contributed by atoms with van der Waals surface area (Å²) < 4.78 is 0. The van der Waals surface area contributed by atoms with Gasteiger partial charge in [-0.15, -0.1) is 0 Å². The lowest BCUT2D eigenvalue weighted by atomic mass is 9.83. The Labute approximate surface area is 101 Å². The van der Waals surface area contributed by atoms with Crippen LogP contribution in [0.15, 0.2) is 0 Å². The summed E-state index contributed by atoms with van der Waals surface area (Å²) in [6.45, 7) is 1.23. The predicted octanol–water partition coefficient (Wildman–Crippen LogP) is 1.44. The Morgan fingerprint density at radius 3 is 2.59 bits per heavy atom. The summed E-state index contributed by atoms with van der Waals surface area (Å²) in [5, 5.41) is 11.8. The standard InChI is InChI=1S/C12H20N2O3/c15-11(16)10-5-2-8-14(10)12(17)13-7-6-9-3-1-4-9/h9-10H,1-8H2,(H,13,17)(H,15,16)/t10-/m0/s1. The zero-order chi connectivity index (χ0) is 12.3. The number of nitrogens with one attached hydrogen (secondary N) is 1. The maximum Gasteiger partial charge on any atom is 0.326 e. The fraction of sp³-hybridized carbons (Fsp3) is 0.833. The van der Waals surface area contributed by atoms with Crippen molar-refractivity contribution in [2.24, 2.45) is 5.92 Å². The first-order valence-corrected chi connectivity index (χ1v) is 6.46. The molecule has 2 amide bonds. The van der Waals surface area contributed by atoms with Crippen LogP contribution in [-0.2, 0) is 4.79 Å². The lowest BCUT2D eigenvalue weighted by Crippen LogP contribution is -2.46. The molecule has 1 saturated heterocycles. The molecule has 0 bridgehead atoms. The van der Waals surface area contributed by atoms with Crippen molar-refractivity contribution < 1.29 is 14.7 Å². The van der Waals surface area contributed by atoms with Gasteiger partial charge >= 0.3 is 12.0 Å². The van der Waals surface area contributed by atoms with Gasteiger partial charge in [-0.25, -0.2) is 9.59 Å². The van der Waals surface area contributed by atoms with Gasteiger partial charge in [0, 0.05) is 13.1 Å². The molecule has 0 radical (unpaired) electrons. The van der Waals surface area contributed by atoms with E-state index in [1.165, 1.54) is 24.2 Å². The maximum atomic E-state index is 11.8. The Kier molecular flexibility index (Phi) is 3.86. The number of nitrogens with zero attached hydrogens (tertiary/aromatic N) is 1. The Bertz CT molecular complexity index is 302. The maximum absolute atomic E-state index is 11.8. The first kappa shape index (κ1) is 12.2. The average molecular weight is 240 g/mol. The molecule has 5 heteroatoms. The highest BCUT2D eigenvalue weighted by atomic mass is 16.4. The largest absolute Gasteiger partial charge is 0.480 e. The molecule has 1 aliphatic heterocycles. The van der Waals surface area contributed by atoms with Crippen molar-refractivity contribution in [1.29, 1.82) is 0 Å². The van der Waals surface area contributed by atoms with Crippen LogP contribution in [0, 0.1) is 5.92 Å². The molecule has 0 aromatic carbocycles. The van der Waals surface area contributed by atoms with Gasteiger partial charge in [0.2, 0.25) is 0 Å². The number of rotatable bonds is 4. The van der Waals surface area contributed by atoms with E-state index in [9.17, 15) is 9.59 Å². The van der Waals surface area contributed by atoms with Gasteiger partial charge in [-0.05, 0) is 25.2 Å². The smallest absolute Gasteiger partial charge is 0.326 e. The number of urea groups is 1. The first-order chi connectivity index (χ1) is 8.18. The zero-order valence-corrected chi connectivity index (χ0v) is 10.0. The minimum absolute atomic E-state index is 0.214. The van der Waals surface area contributed by atoms with Crippen molar-refractivity contribution in [1.82, 2.24) is 10.2 Å². The fourth-order valence-corrected chi connectivity index (χ4v) is 2.53. The first-order valence-electron chi connectivity index (χ1n) is 6.46. The van der Waals surface area contributed by atoms with E-state index in [0.717, 1.165) is 18.8 Å². The molecule has 5 nitrogen and oxygen atoms in total. The van der Waals surface area contributed by atoms with Crippen LogP contribution in [0.25, 0.3) is 0 Å². The number of aliphatic carboxylic acids is 1. The highest BCUT2D eigenvalue weighted by Crippen LogP contribution is 2.28. The Hall–Kier alpha value is -1.26. The van der Waals surface area contributed by atoms with E-state index in [1.54, 1.807) is 0 Å². The SMILES string of the molecule is O=C(O)[C@@H]1CCCN1C(=O)NCCC1CCC1. The van der Waals surface area contributed by atoms with E-state index in [2.05, 4.69) is 5.32 Å². The van der Waals surface area contributed by atoms with Gasteiger partial charge in [0.05, 0.1) is 0 Å². The van der Waals surface area contributed by atoms with E-state index >= 15 is 0 Å². The second kappa shape index (κ2) is 5.38. The molecule has 0 aromatic rings. The number of carboxylic acids is 1. The van der Waals surface area contributed by atoms with Crippen LogP contribution < -0.4 is 5.32 Å². The van der Waals surface area contributed by atoms with Crippen LogP contribution in [0.5, 0.6) is 0 Å². The third-order valence-corrected chi connectivity index (χ3v) is 3.85. The van der Waals surface area contributed by atoms with E-state index in [4.69, 9.17) is 5.11 Å². The molecule has 2 N–H and O–H groups in total. The summed E-state index contributed by atoms with van der Waals surface area (Å²) in [5.41, 5.74) is 0. The highest BCUT2D eigenvalue weighted by Gasteiger charge is 2.33. The minimum atomic E-state index is -0.892. The van der Waals surface area contributed by atoms with Gasteiger partial charge < -0.3 is 15.3 Å². The van der Waals surface area contributed by atoms with Crippen LogP contribution in [0.2, 0.25) is 0 Å². The Morgan fingerprint density at radius 1 is 1.24 bits per heavy atom. The number of amides is 2. The van der Waals surface area contributed by atoms with Gasteiger partial charge in [-0.3, -0.25) is 0 Å². The summed E-state index contributed by atoms with van der Waals surface area (Å²) in [6.07, 6.45) is 6.25. The van der Waals surface area contributed by atoms with Crippen molar-refractivity contribution in [2.45, 2.75) is 44.6 Å². The lowest BCUT2D eigenvalue weighted by Gasteiger charge is -2.26. The summed E-state index contributed by atoms with van der Waals surface area (Å²) >= 11 is 0. The molecular weight excluding hydrogens is 220 g/mol. The highest BCUT2D eigenvalue weighted by molar-refractivity contribution is 5.83. The quantitative estimate of drug-likeness (QED) is 0.781. The molecule has 1 heterocycles. The molecule has 0 aromatic heterocycles. The monoisotopic (exact) mass is 240 g/mol. The molecule has 1 atom stereocenters. The normalized spacial score (nSPS) is 24.5. The second-order valence-corrected chi connectivity index (χ2v) is 5.01. The molecular formula is C12H20N2O3. The molecule has 2 aliphatic rings. The van der Waals surface area contributed by atoms with Gasteiger partial charge in [0.1, 0.15) is 6.04 Å². The van der Waals surface area contributed by atoms with Crippen LogP contribution in [0.3, 0.4) is 0 Å². The van der Waals surface area contributed by atoms with Crippen molar-refractivity contribution in [3.8, 4) is 0 Å². The molecule has 2 rings (SSSR count). The van der Waals surface area contributed by atoms with Crippen molar-refractivity contribution in [2.75, 3.05) is 13.1 Å². The number of carbonyl (C=O) groups excluding carboxylic acids is 1. The number of hydrogen-bond acceptors (Lipinski definition) is 2. The molecule has 1 saturated carbocycles. The third-order valence-electron chi connectivity index (χ3n) is 3.85. The van der Waals surface area contributed by atoms with Crippen LogP contribution in [-0.4, -0.2) is 41.1 Å². The molecule has 1 aliphatic carbocycles. The fourth-order valence-electron chi connectivity index (χ4n) is 2.53. The summed E-state index contributed by atoms with van der Waals surface area (Å²) in [7, 11) is 0. The van der Waals surface area contributed by atoms with Gasteiger partial charge in [0.25, 0.3) is 0 Å². The van der Waals surface area contributed by atoms with Crippen LogP contribution >= 0.6 is 0 Å². The summed E-state index contributed by atoms with van der Waals surface area (Å²) in [6, 6.07) is -0.840. The van der Waals surface area contributed by atoms with Crippen LogP contribution in [0.1, 0.15) is 38.5 Å². The number of carbonyl (C=O) groups is 2. The predicted molar refractivity (Wildman–Crippen MR) is 62.7 cm³/mol. The molecule has 0 spiro atoms. The number of carboxylic acid groups (broad SMARTS) is 1. The average Bonchev–Trinajstić information content (AvgIpc) is 2.70. The van der Waals surface area contributed by atoms with Gasteiger partial charge in [0.15, 0.2) is 0 Å². The summed E-state index contributed by atoms with van der Waals surface area (Å²) in [4.78, 5) is 24.2. The van der Waals surface area contributed by atoms with Crippen molar-refractivity contribution in [3.63, 3.8) is 0 Å². The number of likely N-dealkylation sites (tertiary alicyclic amines) is 1. The lowest BCUT2D eigenvalue weighted by molar-refractivity contribution is -0.141. The van der Waals surface area contributed by atoms with E-state index < -0.39 is 12.0 Å². The zero-order valence-electron chi connectivity index (χ0n) is 10.0.